The molecule has 1 aliphatic rings. The molecule has 7 nitrogen and oxygen atoms in total. The van der Waals surface area contributed by atoms with Crippen molar-refractivity contribution in [1.29, 1.82) is 0 Å². The Kier molecular flexibility index (Phi) is 7.70. The molecule has 1 rings (SSSR count). The summed E-state index contributed by atoms with van der Waals surface area (Å²) >= 11 is 0. The maximum Gasteiger partial charge on any atom is 0.410 e. The normalized spacial score (nSPS) is 19.5. The zero-order valence-corrected chi connectivity index (χ0v) is 17.1. The van der Waals surface area contributed by atoms with Gasteiger partial charge in [0.05, 0.1) is 0 Å². The van der Waals surface area contributed by atoms with Gasteiger partial charge in [-0.3, -0.25) is 0 Å². The van der Waals surface area contributed by atoms with Gasteiger partial charge in [0, 0.05) is 52.5 Å². The van der Waals surface area contributed by atoms with Crippen molar-refractivity contribution in [3.8, 4) is 0 Å². The molecule has 0 aliphatic carbocycles. The molecule has 0 spiro atoms. The number of likely N-dealkylation sites (tertiary alicyclic amines) is 1. The summed E-state index contributed by atoms with van der Waals surface area (Å²) in [5, 5.41) is 8.24. The van der Waals surface area contributed by atoms with Gasteiger partial charge in [-0.2, -0.15) is 5.11 Å². The lowest BCUT2D eigenvalue weighted by Gasteiger charge is -2.39. The summed E-state index contributed by atoms with van der Waals surface area (Å²) in [6.07, 6.45) is 3.72. The highest BCUT2D eigenvalue weighted by Gasteiger charge is 2.30. The summed E-state index contributed by atoms with van der Waals surface area (Å²) in [6.45, 7) is 11.3. The molecule has 0 saturated carbocycles. The minimum absolute atomic E-state index is 0.193. The summed E-state index contributed by atoms with van der Waals surface area (Å²) in [5.41, 5.74) is -0.475. The van der Waals surface area contributed by atoms with E-state index >= 15 is 0 Å². The molecule has 1 aliphatic heterocycles. The van der Waals surface area contributed by atoms with Gasteiger partial charge >= 0.3 is 6.09 Å². The van der Waals surface area contributed by atoms with Crippen molar-refractivity contribution in [2.24, 2.45) is 10.2 Å². The average Bonchev–Trinajstić information content (AvgIpc) is 2.52. The van der Waals surface area contributed by atoms with E-state index in [4.69, 9.17) is 4.74 Å². The van der Waals surface area contributed by atoms with Crippen LogP contribution in [0.2, 0.25) is 0 Å². The molecule has 0 unspecified atom stereocenters. The van der Waals surface area contributed by atoms with Gasteiger partial charge in [-0.1, -0.05) is 0 Å². The molecule has 144 valence electrons. The second kappa shape index (κ2) is 9.06. The van der Waals surface area contributed by atoms with E-state index in [0.29, 0.717) is 12.6 Å². The molecule has 1 amide bonds. The number of carbonyl (C=O) groups excluding carboxylic acids is 1. The number of nitrogens with zero attached hydrogens (tertiary/aromatic N) is 5. The number of piperidine rings is 1. The number of likely N-dealkylation sites (N-methyl/N-ethyl adjacent to an activating group) is 1. The fourth-order valence-electron chi connectivity index (χ4n) is 2.57. The van der Waals surface area contributed by atoms with Crippen LogP contribution in [0.25, 0.3) is 0 Å². The molecule has 1 saturated heterocycles. The Morgan fingerprint density at radius 3 is 2.48 bits per heavy atom. The summed E-state index contributed by atoms with van der Waals surface area (Å²) < 4.78 is 5.51. The summed E-state index contributed by atoms with van der Waals surface area (Å²) in [4.78, 5) is 18.4. The third-order valence-corrected chi connectivity index (χ3v) is 4.29. The Hall–Kier alpha value is -1.79. The predicted molar refractivity (Wildman–Crippen MR) is 100 cm³/mol. The van der Waals surface area contributed by atoms with Crippen LogP contribution in [0.3, 0.4) is 0 Å². The van der Waals surface area contributed by atoms with Crippen molar-refractivity contribution in [3.63, 3.8) is 0 Å². The SMILES string of the molecule is C/N=N\C(=C\N(C)C(C)C)N(C)[C@@H]1CCCN(C(=O)OC(C)(C)C)C1. The zero-order chi connectivity index (χ0) is 19.2. The first-order valence-electron chi connectivity index (χ1n) is 8.99. The van der Waals surface area contributed by atoms with E-state index in [2.05, 4.69) is 33.9 Å². The molecular weight excluding hydrogens is 318 g/mol. The van der Waals surface area contributed by atoms with Crippen LogP contribution in [-0.2, 0) is 4.74 Å². The standard InChI is InChI=1S/C18H35N5O2/c1-14(2)21(7)13-16(20-19-6)22(8)15-10-9-11-23(12-15)17(24)25-18(3,4)5/h13-15H,9-12H2,1-8H3/b16-13-,20-19-/t15-/m1/s1. The minimum Gasteiger partial charge on any atom is -0.444 e. The fourth-order valence-corrected chi connectivity index (χ4v) is 2.57. The molecule has 0 bridgehead atoms. The van der Waals surface area contributed by atoms with Gasteiger partial charge in [-0.25, -0.2) is 4.79 Å². The van der Waals surface area contributed by atoms with E-state index in [9.17, 15) is 4.79 Å². The Balaban J connectivity index is 2.85. The molecule has 0 aromatic heterocycles. The van der Waals surface area contributed by atoms with Gasteiger partial charge in [0.2, 0.25) is 0 Å². The Bertz CT molecular complexity index is 496. The highest BCUT2D eigenvalue weighted by Crippen LogP contribution is 2.21. The van der Waals surface area contributed by atoms with Crippen molar-refractivity contribution in [3.05, 3.63) is 12.0 Å². The number of azo groups is 1. The molecule has 7 heteroatoms. The zero-order valence-electron chi connectivity index (χ0n) is 17.1. The fraction of sp³-hybridized carbons (Fsp3) is 0.833. The molecule has 1 heterocycles. The van der Waals surface area contributed by atoms with Gasteiger partial charge in [-0.05, 0) is 47.5 Å². The molecule has 1 atom stereocenters. The number of hydrogen-bond donors (Lipinski definition) is 0. The number of carbonyl (C=O) groups is 1. The van der Waals surface area contributed by atoms with E-state index < -0.39 is 5.60 Å². The van der Waals surface area contributed by atoms with E-state index in [0.717, 1.165) is 25.2 Å². The van der Waals surface area contributed by atoms with Crippen LogP contribution in [-0.4, -0.2) is 72.7 Å². The summed E-state index contributed by atoms with van der Waals surface area (Å²) in [6, 6.07) is 0.568. The first kappa shape index (κ1) is 21.3. The van der Waals surface area contributed by atoms with Crippen LogP contribution in [0.15, 0.2) is 22.2 Å². The number of amides is 1. The third kappa shape index (κ3) is 6.92. The number of rotatable bonds is 5. The highest BCUT2D eigenvalue weighted by molar-refractivity contribution is 5.68. The van der Waals surface area contributed by atoms with Gasteiger partial charge in [0.1, 0.15) is 5.60 Å². The monoisotopic (exact) mass is 353 g/mol. The first-order valence-corrected chi connectivity index (χ1v) is 8.99. The molecule has 0 N–H and O–H groups in total. The quantitative estimate of drug-likeness (QED) is 0.709. The minimum atomic E-state index is -0.475. The highest BCUT2D eigenvalue weighted by atomic mass is 16.6. The van der Waals surface area contributed by atoms with Crippen LogP contribution in [0.1, 0.15) is 47.5 Å². The van der Waals surface area contributed by atoms with E-state index in [1.165, 1.54) is 0 Å². The van der Waals surface area contributed by atoms with Crippen LogP contribution in [0.4, 0.5) is 4.79 Å². The van der Waals surface area contributed by atoms with Crippen LogP contribution < -0.4 is 0 Å². The van der Waals surface area contributed by atoms with E-state index in [1.807, 2.05) is 41.1 Å². The lowest BCUT2D eigenvalue weighted by molar-refractivity contribution is 0.0142. The predicted octanol–water partition coefficient (Wildman–Crippen LogP) is 3.54. The molecule has 25 heavy (non-hydrogen) atoms. The smallest absolute Gasteiger partial charge is 0.410 e. The topological polar surface area (TPSA) is 60.7 Å². The number of hydrogen-bond acceptors (Lipinski definition) is 6. The maximum absolute atomic E-state index is 12.4. The van der Waals surface area contributed by atoms with Crippen molar-refractivity contribution < 1.29 is 9.53 Å². The molecule has 0 radical (unpaired) electrons. The second-order valence-electron chi connectivity index (χ2n) is 7.88. The first-order chi connectivity index (χ1) is 11.5. The Morgan fingerprint density at radius 1 is 1.32 bits per heavy atom. The second-order valence-corrected chi connectivity index (χ2v) is 7.88. The maximum atomic E-state index is 12.4. The van der Waals surface area contributed by atoms with Crippen LogP contribution in [0, 0.1) is 0 Å². The lowest BCUT2D eigenvalue weighted by Crippen LogP contribution is -2.49. The van der Waals surface area contributed by atoms with Gasteiger partial charge in [0.25, 0.3) is 0 Å². The molecule has 1 fully saturated rings. The third-order valence-electron chi connectivity index (χ3n) is 4.29. The van der Waals surface area contributed by atoms with Gasteiger partial charge in [-0.15, -0.1) is 5.11 Å². The largest absolute Gasteiger partial charge is 0.444 e. The van der Waals surface area contributed by atoms with Crippen LogP contribution in [0.5, 0.6) is 0 Å². The van der Waals surface area contributed by atoms with Crippen LogP contribution >= 0.6 is 0 Å². The summed E-state index contributed by atoms with van der Waals surface area (Å²) in [5.74, 6) is 0.801. The summed E-state index contributed by atoms with van der Waals surface area (Å²) in [7, 11) is 5.71. The molecule has 0 aromatic carbocycles. The van der Waals surface area contributed by atoms with E-state index in [-0.39, 0.29) is 12.1 Å². The molecule has 0 aromatic rings. The van der Waals surface area contributed by atoms with Crippen molar-refractivity contribution in [2.45, 2.75) is 65.1 Å². The molecular formula is C18H35N5O2. The average molecular weight is 354 g/mol. The van der Waals surface area contributed by atoms with E-state index in [1.54, 1.807) is 11.9 Å². The lowest BCUT2D eigenvalue weighted by atomic mass is 10.0. The Morgan fingerprint density at radius 2 is 1.96 bits per heavy atom. The van der Waals surface area contributed by atoms with Gasteiger partial charge < -0.3 is 19.4 Å². The van der Waals surface area contributed by atoms with Crippen molar-refractivity contribution in [1.82, 2.24) is 14.7 Å². The van der Waals surface area contributed by atoms with Crippen molar-refractivity contribution in [2.75, 3.05) is 34.2 Å². The number of ether oxygens (including phenoxy) is 1. The van der Waals surface area contributed by atoms with Gasteiger partial charge in [0.15, 0.2) is 5.82 Å². The van der Waals surface area contributed by atoms with Crippen molar-refractivity contribution >= 4 is 6.09 Å². The Labute approximate surface area is 152 Å².